The van der Waals surface area contributed by atoms with E-state index in [4.69, 9.17) is 5.11 Å². The fraction of sp³-hybridized carbons (Fsp3) is 0.500. The molecule has 1 saturated carbocycles. The number of hydrogen-bond donors (Lipinski definition) is 1. The lowest BCUT2D eigenvalue weighted by Crippen LogP contribution is -2.41. The number of aliphatic carboxylic acids is 1. The van der Waals surface area contributed by atoms with Crippen LogP contribution >= 0.6 is 15.9 Å². The van der Waals surface area contributed by atoms with Crippen molar-refractivity contribution in [2.24, 2.45) is 11.8 Å². The van der Waals surface area contributed by atoms with Crippen LogP contribution in [0.3, 0.4) is 0 Å². The lowest BCUT2D eigenvalue weighted by molar-refractivity contribution is -0.146. The smallest absolute Gasteiger partial charge is 0.306 e. The van der Waals surface area contributed by atoms with Gasteiger partial charge < -0.3 is 10.0 Å². The monoisotopic (exact) mass is 351 g/mol. The molecule has 5 heteroatoms. The number of benzene rings is 1. The van der Waals surface area contributed by atoms with E-state index in [-0.39, 0.29) is 17.7 Å². The average Bonchev–Trinajstić information content (AvgIpc) is 3.27. The minimum absolute atomic E-state index is 0.0840. The van der Waals surface area contributed by atoms with Crippen molar-refractivity contribution in [1.82, 2.24) is 4.90 Å². The third kappa shape index (κ3) is 3.12. The number of halogens is 1. The standard InChI is InChI=1S/C16H18BrNO3/c17-12-3-1-2-11(8-12)13-9-14(13)15(19)18-6-4-10(5-7-18)16(20)21/h1-3,8,10,13-14H,4-7,9H2,(H,20,21). The molecule has 1 aliphatic heterocycles. The summed E-state index contributed by atoms with van der Waals surface area (Å²) in [5.41, 5.74) is 1.21. The molecule has 2 aliphatic rings. The zero-order valence-corrected chi connectivity index (χ0v) is 13.3. The van der Waals surface area contributed by atoms with E-state index >= 15 is 0 Å². The Kier molecular flexibility index (Phi) is 4.02. The quantitative estimate of drug-likeness (QED) is 0.910. The van der Waals surface area contributed by atoms with Gasteiger partial charge in [-0.05, 0) is 42.9 Å². The van der Waals surface area contributed by atoms with Crippen LogP contribution in [0.2, 0.25) is 0 Å². The molecule has 1 aliphatic carbocycles. The van der Waals surface area contributed by atoms with Gasteiger partial charge in [-0.2, -0.15) is 0 Å². The Morgan fingerprint density at radius 2 is 1.95 bits per heavy atom. The van der Waals surface area contributed by atoms with Crippen LogP contribution in [0, 0.1) is 11.8 Å². The van der Waals surface area contributed by atoms with Crippen molar-refractivity contribution in [1.29, 1.82) is 0 Å². The summed E-state index contributed by atoms with van der Waals surface area (Å²) in [4.78, 5) is 25.3. The van der Waals surface area contributed by atoms with Crippen molar-refractivity contribution >= 4 is 27.8 Å². The third-order valence-corrected chi connectivity index (χ3v) is 5.03. The number of likely N-dealkylation sites (tertiary alicyclic amines) is 1. The predicted octanol–water partition coefficient (Wildman–Crippen LogP) is 2.88. The van der Waals surface area contributed by atoms with Crippen LogP contribution in [0.5, 0.6) is 0 Å². The van der Waals surface area contributed by atoms with Crippen molar-refractivity contribution in [3.63, 3.8) is 0 Å². The van der Waals surface area contributed by atoms with E-state index in [2.05, 4.69) is 28.1 Å². The average molecular weight is 352 g/mol. The maximum atomic E-state index is 12.5. The number of amides is 1. The molecule has 0 bridgehead atoms. The highest BCUT2D eigenvalue weighted by molar-refractivity contribution is 9.10. The summed E-state index contributed by atoms with van der Waals surface area (Å²) in [7, 11) is 0. The maximum absolute atomic E-state index is 12.5. The second-order valence-corrected chi connectivity index (χ2v) is 6.86. The maximum Gasteiger partial charge on any atom is 0.306 e. The number of nitrogens with zero attached hydrogens (tertiary/aromatic N) is 1. The highest BCUT2D eigenvalue weighted by Crippen LogP contribution is 2.49. The van der Waals surface area contributed by atoms with Crippen molar-refractivity contribution < 1.29 is 14.7 Å². The van der Waals surface area contributed by atoms with E-state index in [0.717, 1.165) is 10.9 Å². The molecule has 21 heavy (non-hydrogen) atoms. The Bertz CT molecular complexity index is 566. The Morgan fingerprint density at radius 3 is 2.57 bits per heavy atom. The molecule has 1 heterocycles. The number of carbonyl (C=O) groups excluding carboxylic acids is 1. The van der Waals surface area contributed by atoms with Gasteiger partial charge in [-0.1, -0.05) is 28.1 Å². The van der Waals surface area contributed by atoms with Crippen LogP contribution in [0.15, 0.2) is 28.7 Å². The first-order valence-corrected chi connectivity index (χ1v) is 8.12. The number of piperidine rings is 1. The van der Waals surface area contributed by atoms with Crippen LogP contribution in [0.4, 0.5) is 0 Å². The molecule has 1 aromatic rings. The van der Waals surface area contributed by atoms with E-state index in [9.17, 15) is 9.59 Å². The largest absolute Gasteiger partial charge is 0.481 e. The summed E-state index contributed by atoms with van der Waals surface area (Å²) in [6.45, 7) is 1.16. The van der Waals surface area contributed by atoms with Gasteiger partial charge in [0.1, 0.15) is 0 Å². The summed E-state index contributed by atoms with van der Waals surface area (Å²) < 4.78 is 1.04. The SMILES string of the molecule is O=C(O)C1CCN(C(=O)C2CC2c2cccc(Br)c2)CC1. The van der Waals surface area contributed by atoms with Crippen molar-refractivity contribution in [3.05, 3.63) is 34.3 Å². The Labute approximate surface area is 132 Å². The molecule has 0 aromatic heterocycles. The van der Waals surface area contributed by atoms with Gasteiger partial charge in [-0.25, -0.2) is 0 Å². The van der Waals surface area contributed by atoms with E-state index < -0.39 is 5.97 Å². The summed E-state index contributed by atoms with van der Waals surface area (Å²) >= 11 is 3.46. The fourth-order valence-electron chi connectivity index (χ4n) is 3.15. The molecular weight excluding hydrogens is 334 g/mol. The van der Waals surface area contributed by atoms with Gasteiger partial charge in [-0.3, -0.25) is 9.59 Å². The van der Waals surface area contributed by atoms with E-state index in [1.807, 2.05) is 17.0 Å². The number of carboxylic acids is 1. The van der Waals surface area contributed by atoms with Crippen molar-refractivity contribution in [3.8, 4) is 0 Å². The predicted molar refractivity (Wildman–Crippen MR) is 81.9 cm³/mol. The number of rotatable bonds is 3. The van der Waals surface area contributed by atoms with E-state index in [0.29, 0.717) is 31.8 Å². The zero-order chi connectivity index (χ0) is 15.0. The van der Waals surface area contributed by atoms with Crippen LogP contribution in [0.1, 0.15) is 30.7 Å². The lowest BCUT2D eigenvalue weighted by atomic mass is 9.96. The van der Waals surface area contributed by atoms with Gasteiger partial charge in [0, 0.05) is 23.5 Å². The molecule has 1 aromatic carbocycles. The lowest BCUT2D eigenvalue weighted by Gasteiger charge is -2.30. The van der Waals surface area contributed by atoms with Crippen molar-refractivity contribution in [2.75, 3.05) is 13.1 Å². The summed E-state index contributed by atoms with van der Waals surface area (Å²) in [5.74, 6) is -0.411. The van der Waals surface area contributed by atoms with E-state index in [1.165, 1.54) is 5.56 Å². The first-order chi connectivity index (χ1) is 10.1. The molecular formula is C16H18BrNO3. The van der Waals surface area contributed by atoms with Gasteiger partial charge in [0.25, 0.3) is 0 Å². The van der Waals surface area contributed by atoms with Gasteiger partial charge >= 0.3 is 5.97 Å². The molecule has 3 rings (SSSR count). The Morgan fingerprint density at radius 1 is 1.24 bits per heavy atom. The van der Waals surface area contributed by atoms with Crippen LogP contribution in [0.25, 0.3) is 0 Å². The Hall–Kier alpha value is -1.36. The molecule has 0 spiro atoms. The summed E-state index contributed by atoms with van der Waals surface area (Å²) in [5, 5.41) is 8.99. The van der Waals surface area contributed by atoms with Crippen molar-refractivity contribution in [2.45, 2.75) is 25.2 Å². The van der Waals surface area contributed by atoms with Crippen LogP contribution in [-0.2, 0) is 9.59 Å². The molecule has 1 saturated heterocycles. The summed E-state index contributed by atoms with van der Waals surface area (Å²) in [6.07, 6.45) is 2.07. The van der Waals surface area contributed by atoms with Gasteiger partial charge in [0.05, 0.1) is 5.92 Å². The zero-order valence-electron chi connectivity index (χ0n) is 11.7. The second kappa shape index (κ2) is 5.79. The second-order valence-electron chi connectivity index (χ2n) is 5.94. The highest BCUT2D eigenvalue weighted by Gasteiger charge is 2.46. The van der Waals surface area contributed by atoms with Crippen LogP contribution < -0.4 is 0 Å². The first kappa shape index (κ1) is 14.6. The molecule has 1 amide bonds. The van der Waals surface area contributed by atoms with Gasteiger partial charge in [0.15, 0.2) is 0 Å². The third-order valence-electron chi connectivity index (χ3n) is 4.54. The van der Waals surface area contributed by atoms with Gasteiger partial charge in [-0.15, -0.1) is 0 Å². The topological polar surface area (TPSA) is 57.6 Å². The highest BCUT2D eigenvalue weighted by atomic mass is 79.9. The van der Waals surface area contributed by atoms with Gasteiger partial charge in [0.2, 0.25) is 5.91 Å². The Balaban J connectivity index is 1.57. The normalized spacial score (nSPS) is 25.7. The molecule has 2 fully saturated rings. The molecule has 112 valence electrons. The minimum Gasteiger partial charge on any atom is -0.481 e. The minimum atomic E-state index is -0.736. The number of carboxylic acid groups (broad SMARTS) is 1. The first-order valence-electron chi connectivity index (χ1n) is 7.33. The number of carbonyl (C=O) groups is 2. The molecule has 2 unspecified atom stereocenters. The summed E-state index contributed by atoms with van der Waals surface area (Å²) in [6, 6.07) is 8.13. The van der Waals surface area contributed by atoms with Crippen LogP contribution in [-0.4, -0.2) is 35.0 Å². The molecule has 0 radical (unpaired) electrons. The number of hydrogen-bond acceptors (Lipinski definition) is 2. The fourth-order valence-corrected chi connectivity index (χ4v) is 3.57. The van der Waals surface area contributed by atoms with E-state index in [1.54, 1.807) is 0 Å². The molecule has 2 atom stereocenters. The molecule has 1 N–H and O–H groups in total. The molecule has 4 nitrogen and oxygen atoms in total.